The Kier molecular flexibility index (Phi) is 4.20. The molecule has 3 rings (SSSR count). The quantitative estimate of drug-likeness (QED) is 0.873. The van der Waals surface area contributed by atoms with Crippen LogP contribution in [0.4, 0.5) is 5.13 Å². The van der Waals surface area contributed by atoms with Crippen LogP contribution >= 0.6 is 11.3 Å². The van der Waals surface area contributed by atoms with Crippen LogP contribution in [-0.4, -0.2) is 46.5 Å². The molecule has 0 unspecified atom stereocenters. The van der Waals surface area contributed by atoms with Crippen LogP contribution in [-0.2, 0) is 6.54 Å². The van der Waals surface area contributed by atoms with Crippen LogP contribution in [0.15, 0.2) is 17.6 Å². The topological polar surface area (TPSA) is 41.4 Å². The molecule has 2 aromatic heterocycles. The molecule has 1 saturated heterocycles. The number of anilines is 1. The number of carbonyl (C=O) groups is 1. The van der Waals surface area contributed by atoms with E-state index in [-0.39, 0.29) is 5.91 Å². The summed E-state index contributed by atoms with van der Waals surface area (Å²) in [5.41, 5.74) is 3.08. The average Bonchev–Trinajstić information content (AvgIpc) is 3.15. The molecular weight excluding hydrogens is 296 g/mol. The summed E-state index contributed by atoms with van der Waals surface area (Å²) < 4.78 is 2.19. The summed E-state index contributed by atoms with van der Waals surface area (Å²) in [6, 6.07) is 2.02. The monoisotopic (exact) mass is 318 g/mol. The van der Waals surface area contributed by atoms with Gasteiger partial charge in [0.05, 0.1) is 5.56 Å². The van der Waals surface area contributed by atoms with Crippen molar-refractivity contribution in [1.29, 1.82) is 0 Å². The largest absolute Gasteiger partial charge is 0.349 e. The fourth-order valence-electron chi connectivity index (χ4n) is 3.15. The summed E-state index contributed by atoms with van der Waals surface area (Å²) in [6.07, 6.45) is 1.83. The molecule has 3 heterocycles. The highest BCUT2D eigenvalue weighted by Crippen LogP contribution is 2.21. The Labute approximate surface area is 135 Å². The van der Waals surface area contributed by atoms with Crippen LogP contribution in [0, 0.1) is 13.8 Å². The van der Waals surface area contributed by atoms with E-state index in [1.54, 1.807) is 11.3 Å². The van der Waals surface area contributed by atoms with Gasteiger partial charge in [0.1, 0.15) is 0 Å². The van der Waals surface area contributed by atoms with Crippen molar-refractivity contribution in [3.8, 4) is 0 Å². The second-order valence-corrected chi connectivity index (χ2v) is 6.50. The molecule has 0 N–H and O–H groups in total. The lowest BCUT2D eigenvalue weighted by molar-refractivity contribution is 0.0746. The van der Waals surface area contributed by atoms with E-state index in [0.717, 1.165) is 54.8 Å². The van der Waals surface area contributed by atoms with Gasteiger partial charge in [-0.15, -0.1) is 11.3 Å². The van der Waals surface area contributed by atoms with E-state index in [1.807, 2.05) is 29.5 Å². The predicted octanol–water partition coefficient (Wildman–Crippen LogP) is 2.54. The van der Waals surface area contributed by atoms with Gasteiger partial charge in [0.25, 0.3) is 5.91 Å². The van der Waals surface area contributed by atoms with Crippen molar-refractivity contribution in [2.45, 2.75) is 27.3 Å². The molecule has 0 aliphatic carbocycles. The number of aryl methyl sites for hydroxylation is 1. The molecule has 1 aliphatic heterocycles. The van der Waals surface area contributed by atoms with Gasteiger partial charge in [-0.2, -0.15) is 0 Å². The van der Waals surface area contributed by atoms with Gasteiger partial charge in [-0.1, -0.05) is 0 Å². The van der Waals surface area contributed by atoms with Gasteiger partial charge in [-0.3, -0.25) is 4.79 Å². The van der Waals surface area contributed by atoms with Crippen molar-refractivity contribution < 1.29 is 4.79 Å². The molecule has 0 spiro atoms. The summed E-state index contributed by atoms with van der Waals surface area (Å²) in [6.45, 7) is 10.3. The van der Waals surface area contributed by atoms with Crippen molar-refractivity contribution >= 4 is 22.4 Å². The van der Waals surface area contributed by atoms with E-state index in [4.69, 9.17) is 0 Å². The van der Waals surface area contributed by atoms with Crippen molar-refractivity contribution in [2.75, 3.05) is 31.1 Å². The Morgan fingerprint density at radius 2 is 2.00 bits per heavy atom. The zero-order chi connectivity index (χ0) is 15.7. The minimum Gasteiger partial charge on any atom is -0.349 e. The molecule has 1 aliphatic rings. The first-order valence-electron chi connectivity index (χ1n) is 7.72. The Bertz CT molecular complexity index is 654. The van der Waals surface area contributed by atoms with Crippen LogP contribution < -0.4 is 4.90 Å². The Morgan fingerprint density at radius 1 is 1.27 bits per heavy atom. The van der Waals surface area contributed by atoms with Gasteiger partial charge < -0.3 is 14.4 Å². The van der Waals surface area contributed by atoms with Crippen LogP contribution in [0.25, 0.3) is 0 Å². The van der Waals surface area contributed by atoms with E-state index < -0.39 is 0 Å². The fourth-order valence-corrected chi connectivity index (χ4v) is 3.84. The van der Waals surface area contributed by atoms with Gasteiger partial charge in [-0.25, -0.2) is 4.98 Å². The SMILES string of the molecule is CCn1c(C)cc(C(=O)N2CCN(c3nccs3)CC2)c1C. The van der Waals surface area contributed by atoms with Gasteiger partial charge in [0.2, 0.25) is 0 Å². The molecular formula is C16H22N4OS. The first kappa shape index (κ1) is 15.1. The predicted molar refractivity (Wildman–Crippen MR) is 89.8 cm³/mol. The molecule has 0 bridgehead atoms. The van der Waals surface area contributed by atoms with E-state index in [2.05, 4.69) is 28.3 Å². The molecule has 0 aromatic carbocycles. The average molecular weight is 318 g/mol. The molecule has 1 fully saturated rings. The molecule has 22 heavy (non-hydrogen) atoms. The normalized spacial score (nSPS) is 15.4. The van der Waals surface area contributed by atoms with Gasteiger partial charge >= 0.3 is 0 Å². The van der Waals surface area contributed by atoms with Crippen LogP contribution in [0.3, 0.4) is 0 Å². The molecule has 0 radical (unpaired) electrons. The third-order valence-corrected chi connectivity index (χ3v) is 5.21. The zero-order valence-electron chi connectivity index (χ0n) is 13.4. The number of piperazine rings is 1. The fraction of sp³-hybridized carbons (Fsp3) is 0.500. The number of aromatic nitrogens is 2. The second kappa shape index (κ2) is 6.12. The van der Waals surface area contributed by atoms with Gasteiger partial charge in [0, 0.05) is 55.7 Å². The van der Waals surface area contributed by atoms with Crippen LogP contribution in [0.1, 0.15) is 28.7 Å². The maximum atomic E-state index is 12.8. The maximum absolute atomic E-state index is 12.8. The number of thiazole rings is 1. The number of amides is 1. The van der Waals surface area contributed by atoms with E-state index in [0.29, 0.717) is 0 Å². The summed E-state index contributed by atoms with van der Waals surface area (Å²) in [4.78, 5) is 21.3. The van der Waals surface area contributed by atoms with Crippen molar-refractivity contribution in [3.63, 3.8) is 0 Å². The molecule has 0 saturated carbocycles. The van der Waals surface area contributed by atoms with E-state index in [9.17, 15) is 4.79 Å². The third-order valence-electron chi connectivity index (χ3n) is 4.38. The second-order valence-electron chi connectivity index (χ2n) is 5.62. The molecule has 2 aromatic rings. The highest BCUT2D eigenvalue weighted by molar-refractivity contribution is 7.13. The van der Waals surface area contributed by atoms with Crippen molar-refractivity contribution in [3.05, 3.63) is 34.6 Å². The maximum Gasteiger partial charge on any atom is 0.255 e. The molecule has 0 atom stereocenters. The Hall–Kier alpha value is -1.82. The molecule has 118 valence electrons. The standard InChI is InChI=1S/C16H22N4OS/c1-4-20-12(2)11-14(13(20)3)15(21)18-6-8-19(9-7-18)16-17-5-10-22-16/h5,10-11H,4,6-9H2,1-3H3. The van der Waals surface area contributed by atoms with Crippen LogP contribution in [0.5, 0.6) is 0 Å². The summed E-state index contributed by atoms with van der Waals surface area (Å²) in [7, 11) is 0. The van der Waals surface area contributed by atoms with Gasteiger partial charge in [0.15, 0.2) is 5.13 Å². The van der Waals surface area contributed by atoms with Crippen molar-refractivity contribution in [1.82, 2.24) is 14.5 Å². The van der Waals surface area contributed by atoms with E-state index in [1.165, 1.54) is 0 Å². The smallest absolute Gasteiger partial charge is 0.255 e. The van der Waals surface area contributed by atoms with Gasteiger partial charge in [-0.05, 0) is 26.8 Å². The minimum absolute atomic E-state index is 0.159. The number of hydrogen-bond donors (Lipinski definition) is 0. The number of hydrogen-bond acceptors (Lipinski definition) is 4. The minimum atomic E-state index is 0.159. The zero-order valence-corrected chi connectivity index (χ0v) is 14.2. The van der Waals surface area contributed by atoms with Crippen molar-refractivity contribution in [2.24, 2.45) is 0 Å². The first-order chi connectivity index (χ1) is 10.6. The van der Waals surface area contributed by atoms with E-state index >= 15 is 0 Å². The third kappa shape index (κ3) is 2.63. The highest BCUT2D eigenvalue weighted by atomic mass is 32.1. The van der Waals surface area contributed by atoms with Crippen LogP contribution in [0.2, 0.25) is 0 Å². The Balaban J connectivity index is 1.70. The first-order valence-corrected chi connectivity index (χ1v) is 8.60. The summed E-state index contributed by atoms with van der Waals surface area (Å²) in [5.74, 6) is 0.159. The Morgan fingerprint density at radius 3 is 2.55 bits per heavy atom. The lowest BCUT2D eigenvalue weighted by Crippen LogP contribution is -2.48. The summed E-state index contributed by atoms with van der Waals surface area (Å²) in [5, 5.41) is 3.04. The number of carbonyl (C=O) groups excluding carboxylic acids is 1. The lowest BCUT2D eigenvalue weighted by atomic mass is 10.2. The molecule has 5 nitrogen and oxygen atoms in total. The number of rotatable bonds is 3. The highest BCUT2D eigenvalue weighted by Gasteiger charge is 2.25. The molecule has 1 amide bonds. The molecule has 6 heteroatoms. The lowest BCUT2D eigenvalue weighted by Gasteiger charge is -2.34. The summed E-state index contributed by atoms with van der Waals surface area (Å²) >= 11 is 1.65. The number of nitrogens with zero attached hydrogens (tertiary/aromatic N) is 4.